The van der Waals surface area contributed by atoms with Gasteiger partial charge in [-0.05, 0) is 17.7 Å². The lowest BCUT2D eigenvalue weighted by Gasteiger charge is -2.04. The fourth-order valence-electron chi connectivity index (χ4n) is 1.16. The predicted molar refractivity (Wildman–Crippen MR) is 54.5 cm³/mol. The standard InChI is InChI=1S/C10H14OSi/c1-2-8-12(11)9-10-6-4-3-5-7-10/h2-7,11-12H,1,8-9H2. The number of hydrogen-bond acceptors (Lipinski definition) is 1. The summed E-state index contributed by atoms with van der Waals surface area (Å²) >= 11 is 0. The van der Waals surface area contributed by atoms with Crippen LogP contribution in [-0.4, -0.2) is 13.8 Å². The van der Waals surface area contributed by atoms with Gasteiger partial charge in [0.05, 0.1) is 0 Å². The first-order valence-electron chi connectivity index (χ1n) is 4.16. The molecule has 1 rings (SSSR count). The topological polar surface area (TPSA) is 20.2 Å². The molecule has 12 heavy (non-hydrogen) atoms. The van der Waals surface area contributed by atoms with E-state index < -0.39 is 9.04 Å². The monoisotopic (exact) mass is 178 g/mol. The molecular formula is C10H14OSi. The third kappa shape index (κ3) is 3.03. The van der Waals surface area contributed by atoms with Gasteiger partial charge in [-0.15, -0.1) is 6.58 Å². The van der Waals surface area contributed by atoms with Gasteiger partial charge in [0, 0.05) is 0 Å². The van der Waals surface area contributed by atoms with E-state index in [-0.39, 0.29) is 0 Å². The molecule has 0 aliphatic rings. The van der Waals surface area contributed by atoms with Gasteiger partial charge >= 0.3 is 0 Å². The summed E-state index contributed by atoms with van der Waals surface area (Å²) in [4.78, 5) is 9.57. The molecule has 1 unspecified atom stereocenters. The second-order valence-corrected chi connectivity index (χ2v) is 5.06. The van der Waals surface area contributed by atoms with Crippen molar-refractivity contribution in [3.05, 3.63) is 48.6 Å². The smallest absolute Gasteiger partial charge is 0.180 e. The molecule has 0 saturated carbocycles. The van der Waals surface area contributed by atoms with Crippen molar-refractivity contribution in [1.29, 1.82) is 0 Å². The van der Waals surface area contributed by atoms with Crippen molar-refractivity contribution in [2.75, 3.05) is 0 Å². The van der Waals surface area contributed by atoms with Crippen molar-refractivity contribution in [3.8, 4) is 0 Å². The Bertz CT molecular complexity index is 233. The molecule has 2 heteroatoms. The number of hydrogen-bond donors (Lipinski definition) is 1. The Morgan fingerprint density at radius 1 is 1.33 bits per heavy atom. The first-order chi connectivity index (χ1) is 5.83. The van der Waals surface area contributed by atoms with Gasteiger partial charge in [0.1, 0.15) is 0 Å². The lowest BCUT2D eigenvalue weighted by atomic mass is 10.2. The van der Waals surface area contributed by atoms with Crippen LogP contribution in [0, 0.1) is 0 Å². The Morgan fingerprint density at radius 3 is 2.58 bits per heavy atom. The predicted octanol–water partition coefficient (Wildman–Crippen LogP) is 1.67. The van der Waals surface area contributed by atoms with Crippen LogP contribution in [0.1, 0.15) is 5.56 Å². The molecule has 0 saturated heterocycles. The molecule has 1 aromatic rings. The van der Waals surface area contributed by atoms with E-state index >= 15 is 0 Å². The third-order valence-corrected chi connectivity index (χ3v) is 3.57. The molecule has 0 heterocycles. The first-order valence-corrected chi connectivity index (χ1v) is 6.30. The minimum Gasteiger partial charge on any atom is -0.434 e. The largest absolute Gasteiger partial charge is 0.434 e. The second-order valence-electron chi connectivity index (χ2n) is 2.87. The molecule has 0 aromatic heterocycles. The Labute approximate surface area is 75.1 Å². The Kier molecular flexibility index (Phi) is 3.77. The summed E-state index contributed by atoms with van der Waals surface area (Å²) in [5, 5.41) is 0. The molecule has 0 spiro atoms. The normalized spacial score (nSPS) is 12.4. The van der Waals surface area contributed by atoms with Crippen LogP contribution in [-0.2, 0) is 6.04 Å². The molecule has 0 aliphatic carbocycles. The lowest BCUT2D eigenvalue weighted by Crippen LogP contribution is -2.14. The van der Waals surface area contributed by atoms with Gasteiger partial charge in [0.2, 0.25) is 0 Å². The fourth-order valence-corrected chi connectivity index (χ4v) is 2.53. The van der Waals surface area contributed by atoms with Crippen LogP contribution in [0.5, 0.6) is 0 Å². The summed E-state index contributed by atoms with van der Waals surface area (Å²) in [5.41, 5.74) is 1.23. The molecule has 1 aromatic carbocycles. The minimum atomic E-state index is -1.55. The van der Waals surface area contributed by atoms with E-state index in [0.717, 1.165) is 12.1 Å². The van der Waals surface area contributed by atoms with Crippen LogP contribution in [0.2, 0.25) is 6.04 Å². The van der Waals surface area contributed by atoms with Crippen molar-refractivity contribution < 1.29 is 4.80 Å². The van der Waals surface area contributed by atoms with Crippen molar-refractivity contribution in [2.24, 2.45) is 0 Å². The molecule has 0 radical (unpaired) electrons. The average molecular weight is 178 g/mol. The summed E-state index contributed by atoms with van der Waals surface area (Å²) in [6, 6.07) is 11.8. The van der Waals surface area contributed by atoms with Crippen LogP contribution in [0.15, 0.2) is 43.0 Å². The Balaban J connectivity index is 2.46. The van der Waals surface area contributed by atoms with E-state index in [1.807, 2.05) is 18.2 Å². The van der Waals surface area contributed by atoms with E-state index in [1.54, 1.807) is 6.08 Å². The molecule has 64 valence electrons. The van der Waals surface area contributed by atoms with E-state index in [2.05, 4.69) is 18.7 Å². The van der Waals surface area contributed by atoms with Crippen LogP contribution >= 0.6 is 0 Å². The molecule has 0 bridgehead atoms. The van der Waals surface area contributed by atoms with Crippen molar-refractivity contribution in [2.45, 2.75) is 12.1 Å². The SMILES string of the molecule is C=CC[SiH](O)Cc1ccccc1. The van der Waals surface area contributed by atoms with Gasteiger partial charge in [0.15, 0.2) is 9.04 Å². The van der Waals surface area contributed by atoms with Crippen molar-refractivity contribution in [1.82, 2.24) is 0 Å². The zero-order valence-corrected chi connectivity index (χ0v) is 8.26. The molecule has 0 amide bonds. The maximum absolute atomic E-state index is 9.57. The van der Waals surface area contributed by atoms with Crippen LogP contribution in [0.25, 0.3) is 0 Å². The maximum Gasteiger partial charge on any atom is 0.180 e. The van der Waals surface area contributed by atoms with Gasteiger partial charge in [0.25, 0.3) is 0 Å². The Hall–Kier alpha value is -0.863. The van der Waals surface area contributed by atoms with E-state index in [4.69, 9.17) is 0 Å². The highest BCUT2D eigenvalue weighted by atomic mass is 28.3. The summed E-state index contributed by atoms with van der Waals surface area (Å²) in [6.45, 7) is 3.62. The van der Waals surface area contributed by atoms with Gasteiger partial charge in [-0.2, -0.15) is 0 Å². The van der Waals surface area contributed by atoms with Crippen LogP contribution < -0.4 is 0 Å². The number of rotatable bonds is 4. The third-order valence-electron chi connectivity index (χ3n) is 1.75. The van der Waals surface area contributed by atoms with E-state index in [0.29, 0.717) is 0 Å². The molecule has 0 aliphatic heterocycles. The van der Waals surface area contributed by atoms with Gasteiger partial charge < -0.3 is 4.80 Å². The van der Waals surface area contributed by atoms with Gasteiger partial charge in [-0.1, -0.05) is 36.4 Å². The van der Waals surface area contributed by atoms with Gasteiger partial charge in [-0.3, -0.25) is 0 Å². The maximum atomic E-state index is 9.57. The summed E-state index contributed by atoms with van der Waals surface area (Å²) in [7, 11) is -1.55. The van der Waals surface area contributed by atoms with Crippen molar-refractivity contribution >= 4 is 9.04 Å². The summed E-state index contributed by atoms with van der Waals surface area (Å²) in [6.07, 6.45) is 1.81. The summed E-state index contributed by atoms with van der Waals surface area (Å²) in [5.74, 6) is 0. The highest BCUT2D eigenvalue weighted by Gasteiger charge is 2.04. The molecule has 0 fully saturated rings. The van der Waals surface area contributed by atoms with Crippen LogP contribution in [0.3, 0.4) is 0 Å². The second kappa shape index (κ2) is 4.90. The molecule has 1 N–H and O–H groups in total. The van der Waals surface area contributed by atoms with Crippen molar-refractivity contribution in [3.63, 3.8) is 0 Å². The lowest BCUT2D eigenvalue weighted by molar-refractivity contribution is 0.571. The number of allylic oxidation sites excluding steroid dienone is 1. The molecule has 1 atom stereocenters. The molecule has 1 nitrogen and oxygen atoms in total. The highest BCUT2D eigenvalue weighted by Crippen LogP contribution is 2.03. The fraction of sp³-hybridized carbons (Fsp3) is 0.200. The average Bonchev–Trinajstić information content (AvgIpc) is 2.06. The highest BCUT2D eigenvalue weighted by molar-refractivity contribution is 6.50. The number of benzene rings is 1. The molecular weight excluding hydrogens is 164 g/mol. The first kappa shape index (κ1) is 9.23. The van der Waals surface area contributed by atoms with E-state index in [9.17, 15) is 4.80 Å². The van der Waals surface area contributed by atoms with Crippen LogP contribution in [0.4, 0.5) is 0 Å². The zero-order valence-electron chi connectivity index (χ0n) is 7.11. The van der Waals surface area contributed by atoms with E-state index in [1.165, 1.54) is 5.56 Å². The Morgan fingerprint density at radius 2 is 2.00 bits per heavy atom. The summed E-state index contributed by atoms with van der Waals surface area (Å²) < 4.78 is 0. The zero-order chi connectivity index (χ0) is 8.81. The minimum absolute atomic E-state index is 0.800. The quantitative estimate of drug-likeness (QED) is 0.549. The van der Waals surface area contributed by atoms with Gasteiger partial charge in [-0.25, -0.2) is 0 Å².